The summed E-state index contributed by atoms with van der Waals surface area (Å²) in [6.07, 6.45) is 4.39. The molecule has 3 heteroatoms. The summed E-state index contributed by atoms with van der Waals surface area (Å²) in [5, 5.41) is 9.91. The minimum Gasteiger partial charge on any atom is -0.388 e. The van der Waals surface area contributed by atoms with E-state index in [1.807, 2.05) is 18.3 Å². The molecule has 0 spiro atoms. The van der Waals surface area contributed by atoms with Crippen LogP contribution in [0.3, 0.4) is 0 Å². The van der Waals surface area contributed by atoms with Crippen molar-refractivity contribution >= 4 is 0 Å². The molecule has 0 saturated carbocycles. The largest absolute Gasteiger partial charge is 0.388 e. The molecule has 3 rings (SSSR count). The molecule has 1 N–H and O–H groups in total. The van der Waals surface area contributed by atoms with Crippen LogP contribution >= 0.6 is 0 Å². The summed E-state index contributed by atoms with van der Waals surface area (Å²) in [5.41, 5.74) is 2.85. The Hall–Kier alpha value is -1.61. The van der Waals surface area contributed by atoms with E-state index in [1.165, 1.54) is 6.07 Å². The maximum atomic E-state index is 13.6. The van der Waals surface area contributed by atoms with Gasteiger partial charge in [0.15, 0.2) is 0 Å². The first kappa shape index (κ1) is 11.5. The normalized spacial score (nSPS) is 18.7. The molecular weight excluding hydrogens is 229 g/mol. The first-order valence-corrected chi connectivity index (χ1v) is 6.35. The van der Waals surface area contributed by atoms with Crippen LogP contribution in [0, 0.1) is 5.82 Å². The van der Waals surface area contributed by atoms with Crippen LogP contribution in [-0.4, -0.2) is 9.67 Å². The lowest BCUT2D eigenvalue weighted by molar-refractivity contribution is 0.155. The van der Waals surface area contributed by atoms with Crippen LogP contribution in [0.5, 0.6) is 0 Å². The summed E-state index contributed by atoms with van der Waals surface area (Å²) in [4.78, 5) is 0. The van der Waals surface area contributed by atoms with E-state index in [1.54, 1.807) is 12.1 Å². The van der Waals surface area contributed by atoms with Gasteiger partial charge < -0.3 is 9.67 Å². The molecule has 18 heavy (non-hydrogen) atoms. The van der Waals surface area contributed by atoms with Gasteiger partial charge in [0.1, 0.15) is 5.82 Å². The van der Waals surface area contributed by atoms with Crippen LogP contribution in [0.15, 0.2) is 36.5 Å². The summed E-state index contributed by atoms with van der Waals surface area (Å²) < 4.78 is 15.7. The smallest absolute Gasteiger partial charge is 0.128 e. The van der Waals surface area contributed by atoms with Gasteiger partial charge >= 0.3 is 0 Å². The van der Waals surface area contributed by atoms with Crippen molar-refractivity contribution in [3.8, 4) is 0 Å². The van der Waals surface area contributed by atoms with Gasteiger partial charge in [-0.05, 0) is 31.4 Å². The second kappa shape index (κ2) is 4.58. The van der Waals surface area contributed by atoms with Crippen LogP contribution in [0.4, 0.5) is 4.39 Å². The maximum Gasteiger partial charge on any atom is 0.128 e. The van der Waals surface area contributed by atoms with Gasteiger partial charge in [0.2, 0.25) is 0 Å². The van der Waals surface area contributed by atoms with E-state index >= 15 is 0 Å². The number of nitrogens with zero attached hydrogens (tertiary/aromatic N) is 1. The van der Waals surface area contributed by atoms with Crippen molar-refractivity contribution in [2.24, 2.45) is 0 Å². The Morgan fingerprint density at radius 3 is 2.94 bits per heavy atom. The second-order valence-corrected chi connectivity index (χ2v) is 4.85. The van der Waals surface area contributed by atoms with Crippen molar-refractivity contribution < 1.29 is 9.50 Å². The highest BCUT2D eigenvalue weighted by Crippen LogP contribution is 2.30. The number of fused-ring (bicyclic) bond motifs is 1. The first-order chi connectivity index (χ1) is 8.75. The number of halogens is 1. The molecular formula is C15H16FNO. The predicted octanol–water partition coefficient (Wildman–Crippen LogP) is 3.05. The van der Waals surface area contributed by atoms with Gasteiger partial charge in [-0.15, -0.1) is 0 Å². The number of rotatable bonds is 2. The molecule has 0 amide bonds. The summed E-state index contributed by atoms with van der Waals surface area (Å²) in [7, 11) is 0. The number of aliphatic hydroxyl groups is 1. The molecule has 2 aromatic rings. The van der Waals surface area contributed by atoms with Crippen molar-refractivity contribution in [2.45, 2.75) is 31.9 Å². The first-order valence-electron chi connectivity index (χ1n) is 6.35. The van der Waals surface area contributed by atoms with E-state index in [-0.39, 0.29) is 11.9 Å². The Morgan fingerprint density at radius 2 is 2.11 bits per heavy atom. The number of benzene rings is 1. The highest BCUT2D eigenvalue weighted by Gasteiger charge is 2.21. The highest BCUT2D eigenvalue weighted by molar-refractivity contribution is 5.29. The van der Waals surface area contributed by atoms with E-state index < -0.39 is 0 Å². The molecule has 1 atom stereocenters. The van der Waals surface area contributed by atoms with Crippen molar-refractivity contribution in [1.82, 2.24) is 4.57 Å². The summed E-state index contributed by atoms with van der Waals surface area (Å²) >= 11 is 0. The van der Waals surface area contributed by atoms with Crippen LogP contribution in [-0.2, 0) is 13.0 Å². The Kier molecular flexibility index (Phi) is 2.92. The fourth-order valence-electron chi connectivity index (χ4n) is 2.69. The Morgan fingerprint density at radius 1 is 1.28 bits per heavy atom. The number of hydrogen-bond donors (Lipinski definition) is 1. The van der Waals surface area contributed by atoms with Gasteiger partial charge in [-0.25, -0.2) is 4.39 Å². The molecule has 0 bridgehead atoms. The van der Waals surface area contributed by atoms with Gasteiger partial charge in [-0.2, -0.15) is 0 Å². The van der Waals surface area contributed by atoms with Crippen LogP contribution in [0.2, 0.25) is 0 Å². The molecule has 1 heterocycles. The second-order valence-electron chi connectivity index (χ2n) is 4.85. The molecule has 1 aromatic carbocycles. The molecule has 0 radical (unpaired) electrons. The maximum absolute atomic E-state index is 13.6. The number of aromatic nitrogens is 1. The van der Waals surface area contributed by atoms with Crippen molar-refractivity contribution in [3.63, 3.8) is 0 Å². The van der Waals surface area contributed by atoms with Crippen LogP contribution in [0.1, 0.15) is 35.8 Å². The van der Waals surface area contributed by atoms with Gasteiger partial charge in [-0.1, -0.05) is 18.2 Å². The van der Waals surface area contributed by atoms with Crippen molar-refractivity contribution in [3.05, 3.63) is 59.2 Å². The average molecular weight is 245 g/mol. The Balaban J connectivity index is 1.92. The quantitative estimate of drug-likeness (QED) is 0.864. The van der Waals surface area contributed by atoms with E-state index in [2.05, 4.69) is 4.57 Å². The number of aliphatic hydroxyl groups excluding tert-OH is 1. The lowest BCUT2D eigenvalue weighted by atomic mass is 9.95. The Bertz CT molecular complexity index is 561. The highest BCUT2D eigenvalue weighted by atomic mass is 19.1. The third-order valence-corrected chi connectivity index (χ3v) is 3.66. The molecule has 1 unspecified atom stereocenters. The monoisotopic (exact) mass is 245 g/mol. The molecule has 0 fully saturated rings. The summed E-state index contributed by atoms with van der Waals surface area (Å²) in [6.45, 7) is 0.536. The summed E-state index contributed by atoms with van der Waals surface area (Å²) in [6, 6.07) is 8.80. The fraction of sp³-hybridized carbons (Fsp3) is 0.333. The molecule has 94 valence electrons. The Labute approximate surface area is 106 Å². The van der Waals surface area contributed by atoms with Crippen LogP contribution < -0.4 is 0 Å². The van der Waals surface area contributed by atoms with Gasteiger partial charge in [0.25, 0.3) is 0 Å². The zero-order valence-electron chi connectivity index (χ0n) is 10.1. The zero-order chi connectivity index (χ0) is 12.5. The molecule has 0 saturated heterocycles. The fourth-order valence-corrected chi connectivity index (χ4v) is 2.69. The molecule has 2 nitrogen and oxygen atoms in total. The lowest BCUT2D eigenvalue weighted by Crippen LogP contribution is -2.12. The third kappa shape index (κ3) is 1.95. The van der Waals surface area contributed by atoms with Gasteiger partial charge in [0.05, 0.1) is 12.6 Å². The topological polar surface area (TPSA) is 25.2 Å². The minimum absolute atomic E-state index is 0.170. The van der Waals surface area contributed by atoms with Crippen molar-refractivity contribution in [1.29, 1.82) is 0 Å². The van der Waals surface area contributed by atoms with E-state index in [0.717, 1.165) is 30.5 Å². The third-order valence-electron chi connectivity index (χ3n) is 3.66. The van der Waals surface area contributed by atoms with Crippen LogP contribution in [0.25, 0.3) is 0 Å². The van der Waals surface area contributed by atoms with E-state index in [0.29, 0.717) is 12.1 Å². The van der Waals surface area contributed by atoms with Crippen molar-refractivity contribution in [2.75, 3.05) is 0 Å². The minimum atomic E-state index is -0.351. The molecule has 1 aliphatic rings. The number of hydrogen-bond acceptors (Lipinski definition) is 1. The molecule has 1 aliphatic carbocycles. The van der Waals surface area contributed by atoms with Gasteiger partial charge in [-0.3, -0.25) is 0 Å². The summed E-state index contributed by atoms with van der Waals surface area (Å²) in [5.74, 6) is -0.170. The average Bonchev–Trinajstić information content (AvgIpc) is 2.77. The van der Waals surface area contributed by atoms with Gasteiger partial charge in [0, 0.05) is 23.0 Å². The predicted molar refractivity (Wildman–Crippen MR) is 67.8 cm³/mol. The zero-order valence-corrected chi connectivity index (χ0v) is 10.1. The van der Waals surface area contributed by atoms with E-state index in [4.69, 9.17) is 0 Å². The molecule has 0 aliphatic heterocycles. The molecule has 1 aromatic heterocycles. The SMILES string of the molecule is OC1CCCc2c1ccn2Cc1ccccc1F. The lowest BCUT2D eigenvalue weighted by Gasteiger charge is -2.20. The standard InChI is InChI=1S/C15H16FNO/c16-13-5-2-1-4-11(13)10-17-9-8-12-14(17)6-3-7-15(12)18/h1-2,4-5,8-9,15,18H,3,6-7,10H2. The van der Waals surface area contributed by atoms with E-state index in [9.17, 15) is 9.50 Å².